The van der Waals surface area contributed by atoms with Gasteiger partial charge in [-0.3, -0.25) is 4.79 Å². The molecule has 172 valence electrons. The average Bonchev–Trinajstić information content (AvgIpc) is 2.82. The van der Waals surface area contributed by atoms with Crippen LogP contribution in [0.15, 0.2) is 42.5 Å². The molecule has 1 fully saturated rings. The maximum Gasteiger partial charge on any atom is 0.260 e. The summed E-state index contributed by atoms with van der Waals surface area (Å²) < 4.78 is 11.1. The molecule has 1 saturated heterocycles. The Labute approximate surface area is 189 Å². The van der Waals surface area contributed by atoms with Gasteiger partial charge in [0.2, 0.25) is 0 Å². The van der Waals surface area contributed by atoms with E-state index in [1.807, 2.05) is 12.1 Å². The van der Waals surface area contributed by atoms with Gasteiger partial charge in [0.15, 0.2) is 6.61 Å². The number of aliphatic hydroxyl groups excluding tert-OH is 1. The molecule has 1 aliphatic heterocycles. The molecule has 0 bridgehead atoms. The normalized spacial score (nSPS) is 21.6. The molecule has 32 heavy (non-hydrogen) atoms. The van der Waals surface area contributed by atoms with Crippen molar-refractivity contribution in [1.29, 1.82) is 0 Å². The van der Waals surface area contributed by atoms with Crippen LogP contribution in [0.25, 0.3) is 0 Å². The molecule has 4 rings (SSSR count). The van der Waals surface area contributed by atoms with E-state index < -0.39 is 6.10 Å². The lowest BCUT2D eigenvalue weighted by atomic mass is 9.79. The number of benzene rings is 2. The van der Waals surface area contributed by atoms with E-state index in [0.717, 1.165) is 24.8 Å². The van der Waals surface area contributed by atoms with Crippen molar-refractivity contribution in [2.24, 2.45) is 0 Å². The summed E-state index contributed by atoms with van der Waals surface area (Å²) in [6, 6.07) is 12.7. The van der Waals surface area contributed by atoms with Gasteiger partial charge in [0.05, 0.1) is 19.3 Å². The van der Waals surface area contributed by atoms with Crippen LogP contribution in [0.3, 0.4) is 0 Å². The first-order chi connectivity index (χ1) is 15.4. The van der Waals surface area contributed by atoms with Crippen molar-refractivity contribution in [3.63, 3.8) is 0 Å². The lowest BCUT2D eigenvalue weighted by Crippen LogP contribution is -2.48. The molecule has 1 heterocycles. The molecule has 2 aromatic carbocycles. The van der Waals surface area contributed by atoms with Gasteiger partial charge in [-0.15, -0.1) is 0 Å². The maximum atomic E-state index is 12.3. The number of ether oxygens (including phenoxy) is 2. The van der Waals surface area contributed by atoms with Crippen molar-refractivity contribution in [2.75, 3.05) is 39.5 Å². The van der Waals surface area contributed by atoms with Gasteiger partial charge in [-0.2, -0.15) is 0 Å². The van der Waals surface area contributed by atoms with Crippen LogP contribution < -0.4 is 10.1 Å². The summed E-state index contributed by atoms with van der Waals surface area (Å²) in [6.45, 7) is 5.04. The lowest BCUT2D eigenvalue weighted by Gasteiger charge is -2.37. The highest BCUT2D eigenvalue weighted by Crippen LogP contribution is 2.31. The van der Waals surface area contributed by atoms with Crippen LogP contribution in [0.1, 0.15) is 36.1 Å². The Morgan fingerprint density at radius 2 is 1.94 bits per heavy atom. The molecule has 1 amide bonds. The second kappa shape index (κ2) is 9.90. The van der Waals surface area contributed by atoms with Gasteiger partial charge in [-0.25, -0.2) is 0 Å². The minimum atomic E-state index is -0.644. The van der Waals surface area contributed by atoms with Gasteiger partial charge >= 0.3 is 0 Å². The summed E-state index contributed by atoms with van der Waals surface area (Å²) in [6.07, 6.45) is 2.09. The van der Waals surface area contributed by atoms with E-state index in [4.69, 9.17) is 9.47 Å². The Balaban J connectivity index is 1.33. The molecule has 2 unspecified atom stereocenters. The number of fused-ring (bicyclic) bond motifs is 1. The number of morpholine rings is 1. The fraction of sp³-hybridized carbons (Fsp3) is 0.480. The predicted octanol–water partition coefficient (Wildman–Crippen LogP) is 2.20. The van der Waals surface area contributed by atoms with Crippen LogP contribution in [0.4, 0.5) is 0 Å². The number of carbonyl (C=O) groups is 1. The van der Waals surface area contributed by atoms with Crippen molar-refractivity contribution in [1.82, 2.24) is 10.2 Å². The minimum Gasteiger partial charge on any atom is -0.508 e. The van der Waals surface area contributed by atoms with Crippen LogP contribution >= 0.6 is 0 Å². The molecule has 0 saturated carbocycles. The van der Waals surface area contributed by atoms with E-state index >= 15 is 0 Å². The molecule has 2 atom stereocenters. The van der Waals surface area contributed by atoms with Crippen LogP contribution in [-0.4, -0.2) is 66.0 Å². The first-order valence-corrected chi connectivity index (χ1v) is 11.2. The SMILES string of the molecule is CC1(NCC(O)c2ccc(O)cc2)CCc2ccc(OCC(=O)N3CCOCC3)cc2C1. The van der Waals surface area contributed by atoms with Gasteiger partial charge < -0.3 is 29.9 Å². The minimum absolute atomic E-state index is 0.0132. The molecular formula is C25H32N2O5. The third-order valence-corrected chi connectivity index (χ3v) is 6.43. The van der Waals surface area contributed by atoms with Gasteiger partial charge in [0, 0.05) is 25.2 Å². The second-order valence-corrected chi connectivity index (χ2v) is 8.94. The van der Waals surface area contributed by atoms with E-state index in [-0.39, 0.29) is 23.8 Å². The molecule has 7 nitrogen and oxygen atoms in total. The summed E-state index contributed by atoms with van der Waals surface area (Å²) >= 11 is 0. The quantitative estimate of drug-likeness (QED) is 0.612. The number of aryl methyl sites for hydroxylation is 1. The van der Waals surface area contributed by atoms with Crippen molar-refractivity contribution >= 4 is 5.91 Å². The summed E-state index contributed by atoms with van der Waals surface area (Å²) in [5.74, 6) is 0.883. The topological polar surface area (TPSA) is 91.3 Å². The summed E-state index contributed by atoms with van der Waals surface area (Å²) in [5, 5.41) is 23.5. The fourth-order valence-corrected chi connectivity index (χ4v) is 4.38. The van der Waals surface area contributed by atoms with E-state index in [1.165, 1.54) is 11.1 Å². The summed E-state index contributed by atoms with van der Waals surface area (Å²) in [4.78, 5) is 14.1. The highest BCUT2D eigenvalue weighted by Gasteiger charge is 2.30. The number of hydrogen-bond donors (Lipinski definition) is 3. The number of aromatic hydroxyl groups is 1. The van der Waals surface area contributed by atoms with Crippen molar-refractivity contribution in [3.05, 3.63) is 59.2 Å². The lowest BCUT2D eigenvalue weighted by molar-refractivity contribution is -0.137. The van der Waals surface area contributed by atoms with Crippen molar-refractivity contribution in [3.8, 4) is 11.5 Å². The third kappa shape index (κ3) is 5.59. The third-order valence-electron chi connectivity index (χ3n) is 6.43. The number of phenols is 1. The van der Waals surface area contributed by atoms with Crippen molar-refractivity contribution < 1.29 is 24.5 Å². The largest absolute Gasteiger partial charge is 0.508 e. The Kier molecular flexibility index (Phi) is 6.98. The van der Waals surface area contributed by atoms with Gasteiger partial charge in [-0.05, 0) is 67.1 Å². The van der Waals surface area contributed by atoms with E-state index in [0.29, 0.717) is 38.6 Å². The zero-order chi connectivity index (χ0) is 22.6. The monoisotopic (exact) mass is 440 g/mol. The zero-order valence-electron chi connectivity index (χ0n) is 18.5. The van der Waals surface area contributed by atoms with Crippen LogP contribution in [0.2, 0.25) is 0 Å². The molecule has 7 heteroatoms. The molecule has 2 aromatic rings. The number of amides is 1. The molecule has 0 radical (unpaired) electrons. The Morgan fingerprint density at radius 3 is 2.69 bits per heavy atom. The summed E-state index contributed by atoms with van der Waals surface area (Å²) in [5.41, 5.74) is 3.14. The molecular weight excluding hydrogens is 408 g/mol. The van der Waals surface area contributed by atoms with Gasteiger partial charge in [0.1, 0.15) is 11.5 Å². The molecule has 0 aromatic heterocycles. The number of nitrogens with zero attached hydrogens (tertiary/aromatic N) is 1. The smallest absolute Gasteiger partial charge is 0.260 e. The predicted molar refractivity (Wildman–Crippen MR) is 121 cm³/mol. The highest BCUT2D eigenvalue weighted by molar-refractivity contribution is 5.77. The van der Waals surface area contributed by atoms with Crippen LogP contribution in [-0.2, 0) is 22.4 Å². The molecule has 2 aliphatic rings. The average molecular weight is 441 g/mol. The number of hydrogen-bond acceptors (Lipinski definition) is 6. The summed E-state index contributed by atoms with van der Waals surface area (Å²) in [7, 11) is 0. The molecule has 3 N–H and O–H groups in total. The first kappa shape index (κ1) is 22.6. The number of aliphatic hydroxyl groups is 1. The standard InChI is InChI=1S/C25H32N2O5/c1-25(26-16-23(29)19-2-5-21(28)6-3-19)9-8-18-4-7-22(14-20(18)15-25)32-17-24(30)27-10-12-31-13-11-27/h2-7,14,23,26,28-29H,8-13,15-17H2,1H3. The van der Waals surface area contributed by atoms with Gasteiger partial charge in [0.25, 0.3) is 5.91 Å². The van der Waals surface area contributed by atoms with E-state index in [2.05, 4.69) is 18.3 Å². The number of carbonyl (C=O) groups excluding carboxylic acids is 1. The van der Waals surface area contributed by atoms with Crippen molar-refractivity contribution in [2.45, 2.75) is 37.8 Å². The maximum absolute atomic E-state index is 12.3. The van der Waals surface area contributed by atoms with Gasteiger partial charge in [-0.1, -0.05) is 18.2 Å². The fourth-order valence-electron chi connectivity index (χ4n) is 4.38. The van der Waals surface area contributed by atoms with Crippen LogP contribution in [0, 0.1) is 0 Å². The molecule has 0 spiro atoms. The number of β-amino-alcohol motifs (C(OH)–C–C–N with tert-alkyl or cyclic N) is 1. The number of rotatable bonds is 7. The Hall–Kier alpha value is -2.61. The van der Waals surface area contributed by atoms with E-state index in [9.17, 15) is 15.0 Å². The number of phenolic OH excluding ortho intramolecular Hbond substituents is 1. The highest BCUT2D eigenvalue weighted by atomic mass is 16.5. The van der Waals surface area contributed by atoms with Crippen LogP contribution in [0.5, 0.6) is 11.5 Å². The first-order valence-electron chi connectivity index (χ1n) is 11.2. The molecule has 1 aliphatic carbocycles. The number of nitrogens with one attached hydrogen (secondary N) is 1. The Morgan fingerprint density at radius 1 is 1.19 bits per heavy atom. The second-order valence-electron chi connectivity index (χ2n) is 8.94. The van der Waals surface area contributed by atoms with E-state index in [1.54, 1.807) is 29.2 Å². The zero-order valence-corrected chi connectivity index (χ0v) is 18.5. The Bertz CT molecular complexity index is 926.